The van der Waals surface area contributed by atoms with Gasteiger partial charge in [-0.25, -0.2) is 8.42 Å². The molecule has 2 saturated heterocycles. The Kier molecular flexibility index (Phi) is 4.57. The summed E-state index contributed by atoms with van der Waals surface area (Å²) in [7, 11) is -3.55. The molecule has 2 aromatic carbocycles. The predicted molar refractivity (Wildman–Crippen MR) is 112 cm³/mol. The lowest BCUT2D eigenvalue weighted by Crippen LogP contribution is -2.57. The van der Waals surface area contributed by atoms with E-state index in [0.717, 1.165) is 38.8 Å². The van der Waals surface area contributed by atoms with Gasteiger partial charge in [-0.15, -0.1) is 0 Å². The van der Waals surface area contributed by atoms with E-state index in [9.17, 15) is 13.5 Å². The molecule has 0 bridgehead atoms. The monoisotopic (exact) mass is 413 g/mol. The van der Waals surface area contributed by atoms with Crippen molar-refractivity contribution in [1.82, 2.24) is 9.21 Å². The lowest BCUT2D eigenvalue weighted by molar-refractivity contribution is 0.0219. The maximum Gasteiger partial charge on any atom is 0.243 e. The van der Waals surface area contributed by atoms with E-state index in [-0.39, 0.29) is 12.1 Å². The molecule has 154 valence electrons. The van der Waals surface area contributed by atoms with Crippen molar-refractivity contribution in [3.63, 3.8) is 0 Å². The lowest BCUT2D eigenvalue weighted by Gasteiger charge is -2.51. The van der Waals surface area contributed by atoms with Crippen molar-refractivity contribution < 1.29 is 13.5 Å². The number of sulfonamides is 1. The maximum atomic E-state index is 13.4. The number of phenols is 1. The highest BCUT2D eigenvalue weighted by molar-refractivity contribution is 7.89. The van der Waals surface area contributed by atoms with E-state index in [0.29, 0.717) is 28.8 Å². The Morgan fingerprint density at radius 1 is 1.07 bits per heavy atom. The van der Waals surface area contributed by atoms with Crippen LogP contribution in [0.2, 0.25) is 0 Å². The molecule has 0 amide bonds. The molecule has 0 spiro atoms. The molecule has 0 radical (unpaired) electrons. The van der Waals surface area contributed by atoms with E-state index in [1.54, 1.807) is 34.6 Å². The van der Waals surface area contributed by atoms with Crippen LogP contribution in [-0.2, 0) is 16.4 Å². The number of piperidine rings is 2. The van der Waals surface area contributed by atoms with Gasteiger partial charge in [0.1, 0.15) is 5.75 Å². The number of phenolic OH excluding ortho intramolecular Hbond substituents is 1. The average Bonchev–Trinajstić information content (AvgIpc) is 2.72. The Morgan fingerprint density at radius 2 is 1.86 bits per heavy atom. The number of aromatic hydroxyl groups is 1. The zero-order valence-electron chi connectivity index (χ0n) is 16.4. The number of benzene rings is 2. The number of hydrogen-bond donors (Lipinski definition) is 2. The lowest BCUT2D eigenvalue weighted by atomic mass is 9.77. The normalized spacial score (nSPS) is 27.7. The Labute approximate surface area is 172 Å². The van der Waals surface area contributed by atoms with E-state index in [2.05, 4.69) is 4.90 Å². The number of hydrogen-bond acceptors (Lipinski definition) is 5. The zero-order chi connectivity index (χ0) is 20.2. The van der Waals surface area contributed by atoms with Gasteiger partial charge in [0.25, 0.3) is 0 Å². The second kappa shape index (κ2) is 7.00. The molecule has 3 atom stereocenters. The van der Waals surface area contributed by atoms with Gasteiger partial charge >= 0.3 is 0 Å². The fourth-order valence-electron chi connectivity index (χ4n) is 5.47. The number of nitrogen functional groups attached to an aromatic ring is 1. The van der Waals surface area contributed by atoms with Crippen LogP contribution >= 0.6 is 0 Å². The number of nitrogens with two attached hydrogens (primary N) is 1. The van der Waals surface area contributed by atoms with Crippen molar-refractivity contribution in [2.45, 2.75) is 42.7 Å². The molecule has 3 heterocycles. The first kappa shape index (κ1) is 18.9. The van der Waals surface area contributed by atoms with Gasteiger partial charge in [-0.3, -0.25) is 4.90 Å². The van der Waals surface area contributed by atoms with Crippen LogP contribution in [0.3, 0.4) is 0 Å². The summed E-state index contributed by atoms with van der Waals surface area (Å²) in [5.74, 6) is 0.665. The maximum absolute atomic E-state index is 13.4. The quantitative estimate of drug-likeness (QED) is 0.740. The number of rotatable bonds is 2. The highest BCUT2D eigenvalue weighted by Crippen LogP contribution is 2.44. The third-order valence-electron chi connectivity index (χ3n) is 6.88. The molecule has 0 saturated carbocycles. The molecule has 3 N–H and O–H groups in total. The third-order valence-corrected chi connectivity index (χ3v) is 8.82. The van der Waals surface area contributed by atoms with Crippen molar-refractivity contribution in [1.29, 1.82) is 0 Å². The fourth-order valence-corrected chi connectivity index (χ4v) is 7.21. The molecular weight excluding hydrogens is 386 g/mol. The number of fused-ring (bicyclic) bond motifs is 4. The summed E-state index contributed by atoms with van der Waals surface area (Å²) in [6.07, 6.45) is 3.71. The van der Waals surface area contributed by atoms with Crippen LogP contribution in [0.15, 0.2) is 47.4 Å². The summed E-state index contributed by atoms with van der Waals surface area (Å²) in [5.41, 5.74) is 8.74. The molecule has 0 aromatic heterocycles. The molecule has 2 fully saturated rings. The van der Waals surface area contributed by atoms with Crippen LogP contribution in [0.4, 0.5) is 5.69 Å². The predicted octanol–water partition coefficient (Wildman–Crippen LogP) is 2.75. The van der Waals surface area contributed by atoms with E-state index >= 15 is 0 Å². The standard InChI is InChI=1S/C22H27N3O3S/c23-17-3-6-19(7-4-17)29(27,28)25-10-1-2-16-14-24-11-9-15-12-18(26)5-8-20(15)22(24)13-21(16)25/h3-8,12,16,21-22,26H,1-2,9-11,13-14,23H2. The zero-order valence-corrected chi connectivity index (χ0v) is 17.2. The van der Waals surface area contributed by atoms with Crippen molar-refractivity contribution in [2.75, 3.05) is 25.4 Å². The van der Waals surface area contributed by atoms with Crippen LogP contribution in [0, 0.1) is 5.92 Å². The molecule has 3 unspecified atom stereocenters. The first-order chi connectivity index (χ1) is 13.9. The Bertz CT molecular complexity index is 1020. The average molecular weight is 414 g/mol. The number of nitrogens with zero attached hydrogens (tertiary/aromatic N) is 2. The van der Waals surface area contributed by atoms with E-state index in [1.807, 2.05) is 12.1 Å². The third kappa shape index (κ3) is 3.21. The topological polar surface area (TPSA) is 86.9 Å². The van der Waals surface area contributed by atoms with Gasteiger partial charge in [0.2, 0.25) is 10.0 Å². The van der Waals surface area contributed by atoms with Gasteiger partial charge in [0.15, 0.2) is 0 Å². The van der Waals surface area contributed by atoms with Crippen molar-refractivity contribution >= 4 is 15.7 Å². The van der Waals surface area contributed by atoms with Crippen molar-refractivity contribution in [3.05, 3.63) is 53.6 Å². The molecule has 3 aliphatic heterocycles. The highest BCUT2D eigenvalue weighted by atomic mass is 32.2. The Hall–Kier alpha value is -2.09. The van der Waals surface area contributed by atoms with Gasteiger partial charge in [-0.05, 0) is 79.1 Å². The second-order valence-electron chi connectivity index (χ2n) is 8.53. The number of anilines is 1. The summed E-state index contributed by atoms with van der Waals surface area (Å²) < 4.78 is 28.6. The summed E-state index contributed by atoms with van der Waals surface area (Å²) in [6.45, 7) is 2.47. The molecule has 3 aliphatic rings. The minimum Gasteiger partial charge on any atom is -0.508 e. The first-order valence-corrected chi connectivity index (χ1v) is 11.8. The van der Waals surface area contributed by atoms with Gasteiger partial charge < -0.3 is 10.8 Å². The SMILES string of the molecule is Nc1ccc(S(=O)(=O)N2CCCC3CN4CCc5cc(O)ccc5C4CC32)cc1. The van der Waals surface area contributed by atoms with Crippen LogP contribution in [-0.4, -0.2) is 48.4 Å². The van der Waals surface area contributed by atoms with E-state index < -0.39 is 10.0 Å². The van der Waals surface area contributed by atoms with E-state index in [4.69, 9.17) is 5.73 Å². The molecule has 0 aliphatic carbocycles. The Morgan fingerprint density at radius 3 is 2.66 bits per heavy atom. The second-order valence-corrected chi connectivity index (χ2v) is 10.4. The van der Waals surface area contributed by atoms with Gasteiger partial charge in [0.05, 0.1) is 4.90 Å². The largest absolute Gasteiger partial charge is 0.508 e. The summed E-state index contributed by atoms with van der Waals surface area (Å²) in [6, 6.07) is 12.4. The first-order valence-electron chi connectivity index (χ1n) is 10.4. The van der Waals surface area contributed by atoms with Crippen molar-refractivity contribution in [2.24, 2.45) is 5.92 Å². The van der Waals surface area contributed by atoms with Crippen molar-refractivity contribution in [3.8, 4) is 5.75 Å². The minimum atomic E-state index is -3.55. The summed E-state index contributed by atoms with van der Waals surface area (Å²) in [4.78, 5) is 2.84. The summed E-state index contributed by atoms with van der Waals surface area (Å²) >= 11 is 0. The van der Waals surface area contributed by atoms with Gasteiger partial charge in [-0.2, -0.15) is 4.31 Å². The highest BCUT2D eigenvalue weighted by Gasteiger charge is 2.46. The van der Waals surface area contributed by atoms with Crippen LogP contribution in [0.25, 0.3) is 0 Å². The minimum absolute atomic E-state index is 0.00676. The molecule has 6 nitrogen and oxygen atoms in total. The summed E-state index contributed by atoms with van der Waals surface area (Å²) in [5, 5.41) is 9.86. The van der Waals surface area contributed by atoms with E-state index in [1.165, 1.54) is 11.1 Å². The molecule has 7 heteroatoms. The Balaban J connectivity index is 1.48. The molecule has 29 heavy (non-hydrogen) atoms. The smallest absolute Gasteiger partial charge is 0.243 e. The van der Waals surface area contributed by atoms with Crippen LogP contribution in [0.5, 0.6) is 5.75 Å². The van der Waals surface area contributed by atoms with Gasteiger partial charge in [-0.1, -0.05) is 6.07 Å². The van der Waals surface area contributed by atoms with Crippen LogP contribution < -0.4 is 5.73 Å². The molecule has 5 rings (SSSR count). The fraction of sp³-hybridized carbons (Fsp3) is 0.455. The van der Waals surface area contributed by atoms with Gasteiger partial charge in [0, 0.05) is 37.4 Å². The molecular formula is C22H27N3O3S. The molecule has 2 aromatic rings. The van der Waals surface area contributed by atoms with Crippen LogP contribution in [0.1, 0.15) is 36.4 Å².